The highest BCUT2D eigenvalue weighted by atomic mass is 35.5. The van der Waals surface area contributed by atoms with E-state index in [1.54, 1.807) is 38.1 Å². The van der Waals surface area contributed by atoms with E-state index in [0.717, 1.165) is 12.1 Å². The summed E-state index contributed by atoms with van der Waals surface area (Å²) in [6.07, 6.45) is 0.0856. The Morgan fingerprint density at radius 2 is 1.93 bits per heavy atom. The molecule has 1 heterocycles. The summed E-state index contributed by atoms with van der Waals surface area (Å²) in [5, 5.41) is 3.39. The van der Waals surface area contributed by atoms with E-state index in [-0.39, 0.29) is 31.4 Å². The van der Waals surface area contributed by atoms with Crippen molar-refractivity contribution in [2.24, 2.45) is 0 Å². The Balaban J connectivity index is 2.29. The van der Waals surface area contributed by atoms with Crippen molar-refractivity contribution in [2.45, 2.75) is 26.2 Å². The molecule has 0 spiro atoms. The number of halogens is 1. The molecule has 2 N–H and O–H groups in total. The van der Waals surface area contributed by atoms with Crippen molar-refractivity contribution in [3.63, 3.8) is 0 Å². The van der Waals surface area contributed by atoms with Crippen LogP contribution in [0.3, 0.4) is 0 Å². The lowest BCUT2D eigenvalue weighted by Gasteiger charge is -2.34. The highest BCUT2D eigenvalue weighted by Gasteiger charge is 2.37. The summed E-state index contributed by atoms with van der Waals surface area (Å²) in [5.74, 6) is -1.37. The van der Waals surface area contributed by atoms with E-state index in [4.69, 9.17) is 16.3 Å². The predicted molar refractivity (Wildman–Crippen MR) is 111 cm³/mol. The van der Waals surface area contributed by atoms with Crippen molar-refractivity contribution >= 4 is 29.4 Å². The van der Waals surface area contributed by atoms with Gasteiger partial charge in [0.2, 0.25) is 11.8 Å². The van der Waals surface area contributed by atoms with Crippen LogP contribution >= 0.6 is 11.6 Å². The normalized spacial score (nSPS) is 17.0. The van der Waals surface area contributed by atoms with Crippen LogP contribution in [-0.2, 0) is 19.1 Å². The van der Waals surface area contributed by atoms with E-state index in [2.05, 4.69) is 5.32 Å². The first-order chi connectivity index (χ1) is 13.7. The van der Waals surface area contributed by atoms with Gasteiger partial charge in [-0.3, -0.25) is 9.59 Å². The Labute approximate surface area is 176 Å². The smallest absolute Gasteiger partial charge is 0.336 e. The second-order valence-corrected chi connectivity index (χ2v) is 7.75. The van der Waals surface area contributed by atoms with Crippen LogP contribution in [-0.4, -0.2) is 63.0 Å². The fourth-order valence-electron chi connectivity index (χ4n) is 3.31. The van der Waals surface area contributed by atoms with E-state index < -0.39 is 11.9 Å². The van der Waals surface area contributed by atoms with Gasteiger partial charge >= 0.3 is 5.97 Å². The Morgan fingerprint density at radius 3 is 2.52 bits per heavy atom. The van der Waals surface area contributed by atoms with Crippen molar-refractivity contribution in [1.82, 2.24) is 10.2 Å². The first-order valence-corrected chi connectivity index (χ1v) is 10.1. The lowest BCUT2D eigenvalue weighted by Crippen LogP contribution is -3.06. The minimum atomic E-state index is -0.473. The number of rotatable bonds is 8. The number of amides is 2. The van der Waals surface area contributed by atoms with Gasteiger partial charge in [0.15, 0.2) is 0 Å². The van der Waals surface area contributed by atoms with Crippen molar-refractivity contribution in [3.8, 4) is 0 Å². The summed E-state index contributed by atoms with van der Waals surface area (Å²) in [5.41, 5.74) is 1.66. The van der Waals surface area contributed by atoms with E-state index in [1.165, 1.54) is 9.80 Å². The Morgan fingerprint density at radius 1 is 1.28 bits per heavy atom. The number of esters is 1. The molecule has 2 amide bonds. The number of allylic oxidation sites excluding steroid dienone is 1. The largest absolute Gasteiger partial charge is 0.463 e. The molecule has 0 aliphatic carbocycles. The maximum Gasteiger partial charge on any atom is 0.336 e. The van der Waals surface area contributed by atoms with Gasteiger partial charge in [0.25, 0.3) is 0 Å². The number of ether oxygens (including phenoxy) is 1. The van der Waals surface area contributed by atoms with Gasteiger partial charge < -0.3 is 19.9 Å². The van der Waals surface area contributed by atoms with Crippen molar-refractivity contribution in [2.75, 3.05) is 40.3 Å². The maximum absolute atomic E-state index is 12.8. The highest BCUT2D eigenvalue weighted by Crippen LogP contribution is 2.37. The summed E-state index contributed by atoms with van der Waals surface area (Å²) < 4.78 is 5.24. The molecule has 1 aliphatic rings. The van der Waals surface area contributed by atoms with Crippen LogP contribution in [0.5, 0.6) is 0 Å². The molecule has 0 aromatic heterocycles. The topological polar surface area (TPSA) is 80.2 Å². The molecule has 8 heteroatoms. The van der Waals surface area contributed by atoms with Crippen LogP contribution in [0, 0.1) is 0 Å². The van der Waals surface area contributed by atoms with Gasteiger partial charge in [-0.15, -0.1) is 0 Å². The Hall–Kier alpha value is -2.38. The molecule has 1 aliphatic heterocycles. The second kappa shape index (κ2) is 10.4. The minimum Gasteiger partial charge on any atom is -0.463 e. The molecule has 1 atom stereocenters. The van der Waals surface area contributed by atoms with E-state index >= 15 is 0 Å². The molecule has 2 rings (SSSR count). The van der Waals surface area contributed by atoms with Gasteiger partial charge in [0.05, 0.1) is 39.4 Å². The Kier molecular flexibility index (Phi) is 8.22. The number of hydrogen-bond donors (Lipinski definition) is 2. The number of carbonyl (C=O) groups excluding carboxylic acids is 3. The van der Waals surface area contributed by atoms with Crippen LogP contribution in [0.25, 0.3) is 0 Å². The lowest BCUT2D eigenvalue weighted by molar-refractivity contribution is -0.856. The highest BCUT2D eigenvalue weighted by molar-refractivity contribution is 6.30. The first-order valence-electron chi connectivity index (χ1n) is 9.74. The summed E-state index contributed by atoms with van der Waals surface area (Å²) in [7, 11) is 3.99. The van der Waals surface area contributed by atoms with Gasteiger partial charge in [0.1, 0.15) is 6.54 Å². The Bertz CT molecular complexity index is 790. The minimum absolute atomic E-state index is 0.0856. The number of likely N-dealkylation sites (N-methyl/N-ethyl adjacent to an activating group) is 1. The van der Waals surface area contributed by atoms with Gasteiger partial charge in [-0.1, -0.05) is 23.7 Å². The van der Waals surface area contributed by atoms with Crippen molar-refractivity contribution in [3.05, 3.63) is 46.1 Å². The van der Waals surface area contributed by atoms with E-state index in [0.29, 0.717) is 22.8 Å². The van der Waals surface area contributed by atoms with Crippen molar-refractivity contribution in [1.29, 1.82) is 0 Å². The summed E-state index contributed by atoms with van der Waals surface area (Å²) in [6.45, 7) is 4.82. The molecule has 7 nitrogen and oxygen atoms in total. The zero-order chi connectivity index (χ0) is 21.6. The van der Waals surface area contributed by atoms with Crippen LogP contribution < -0.4 is 10.2 Å². The SMILES string of the molecule is CCOC(=O)C1=C(C)N(CC(=O)NCC[NH+](C)C)C(=O)C[C@H]1c1ccc(Cl)cc1. The second-order valence-electron chi connectivity index (χ2n) is 7.31. The molecule has 0 radical (unpaired) electrons. The lowest BCUT2D eigenvalue weighted by atomic mass is 9.83. The van der Waals surface area contributed by atoms with Gasteiger partial charge in [-0.2, -0.15) is 0 Å². The van der Waals surface area contributed by atoms with Gasteiger partial charge in [-0.25, -0.2) is 4.79 Å². The molecule has 1 aromatic carbocycles. The molecule has 0 bridgehead atoms. The quantitative estimate of drug-likeness (QED) is 0.606. The summed E-state index contributed by atoms with van der Waals surface area (Å²) >= 11 is 5.97. The van der Waals surface area contributed by atoms with E-state index in [1.807, 2.05) is 14.1 Å². The molecule has 1 aromatic rings. The zero-order valence-corrected chi connectivity index (χ0v) is 18.1. The third kappa shape index (κ3) is 6.05. The summed E-state index contributed by atoms with van der Waals surface area (Å²) in [6, 6.07) is 7.07. The summed E-state index contributed by atoms with van der Waals surface area (Å²) in [4.78, 5) is 40.4. The van der Waals surface area contributed by atoms with Crippen LogP contribution in [0.15, 0.2) is 35.5 Å². The molecule has 0 saturated carbocycles. The number of quaternary nitrogens is 1. The fourth-order valence-corrected chi connectivity index (χ4v) is 3.43. The van der Waals surface area contributed by atoms with Gasteiger partial charge in [0, 0.05) is 23.1 Å². The molecular formula is C21H29ClN3O4+. The molecular weight excluding hydrogens is 394 g/mol. The van der Waals surface area contributed by atoms with Crippen LogP contribution in [0.1, 0.15) is 31.7 Å². The average molecular weight is 423 g/mol. The van der Waals surface area contributed by atoms with E-state index in [9.17, 15) is 14.4 Å². The van der Waals surface area contributed by atoms with Gasteiger partial charge in [-0.05, 0) is 31.5 Å². The number of benzene rings is 1. The van der Waals surface area contributed by atoms with Crippen LogP contribution in [0.4, 0.5) is 0 Å². The maximum atomic E-state index is 12.8. The third-order valence-corrected chi connectivity index (χ3v) is 5.09. The predicted octanol–water partition coefficient (Wildman–Crippen LogP) is 0.754. The fraction of sp³-hybridized carbons (Fsp3) is 0.476. The number of hydrogen-bond acceptors (Lipinski definition) is 4. The third-order valence-electron chi connectivity index (χ3n) is 4.84. The number of nitrogens with one attached hydrogen (secondary N) is 2. The average Bonchev–Trinajstić information content (AvgIpc) is 2.65. The van der Waals surface area contributed by atoms with Crippen molar-refractivity contribution < 1.29 is 24.0 Å². The molecule has 158 valence electrons. The molecule has 0 unspecified atom stereocenters. The number of nitrogens with zero attached hydrogens (tertiary/aromatic N) is 1. The number of carbonyl (C=O) groups is 3. The standard InChI is InChI=1S/C21H28ClN3O4/c1-5-29-21(28)20-14(2)25(13-18(26)23-10-11-24(3)4)19(27)12-17(20)15-6-8-16(22)9-7-15/h6-9,17H,5,10-13H2,1-4H3,(H,23,26)/p+1/t17-/m0/s1. The zero-order valence-electron chi connectivity index (χ0n) is 17.4. The molecule has 29 heavy (non-hydrogen) atoms. The monoisotopic (exact) mass is 422 g/mol. The molecule has 0 fully saturated rings. The first kappa shape index (κ1) is 22.9. The molecule has 0 saturated heterocycles. The van der Waals surface area contributed by atoms with Crippen LogP contribution in [0.2, 0.25) is 5.02 Å².